The fourth-order valence-corrected chi connectivity index (χ4v) is 2.07. The Morgan fingerprint density at radius 2 is 2.18 bits per heavy atom. The molecule has 0 radical (unpaired) electrons. The highest BCUT2D eigenvalue weighted by atomic mass is 35.5. The number of aromatic nitrogens is 2. The fraction of sp³-hybridized carbons (Fsp3) is 0.267. The lowest BCUT2D eigenvalue weighted by Crippen LogP contribution is -2.28. The summed E-state index contributed by atoms with van der Waals surface area (Å²) in [4.78, 5) is 23.2. The number of ether oxygens (including phenoxy) is 1. The van der Waals surface area contributed by atoms with Gasteiger partial charge in [-0.3, -0.25) is 14.3 Å². The molecule has 1 aromatic carbocycles. The highest BCUT2D eigenvalue weighted by Gasteiger charge is 2.14. The van der Waals surface area contributed by atoms with Crippen molar-refractivity contribution in [1.82, 2.24) is 15.1 Å². The van der Waals surface area contributed by atoms with E-state index in [1.165, 1.54) is 11.6 Å². The van der Waals surface area contributed by atoms with Gasteiger partial charge in [-0.25, -0.2) is 0 Å². The second-order valence-corrected chi connectivity index (χ2v) is 5.20. The van der Waals surface area contributed by atoms with Gasteiger partial charge in [0.05, 0.1) is 6.20 Å². The van der Waals surface area contributed by atoms with Gasteiger partial charge in [0.15, 0.2) is 23.8 Å². The number of ketones is 1. The van der Waals surface area contributed by atoms with Crippen molar-refractivity contribution in [3.8, 4) is 5.75 Å². The van der Waals surface area contributed by atoms with Crippen LogP contribution in [0.15, 0.2) is 30.5 Å². The molecule has 0 saturated heterocycles. The summed E-state index contributed by atoms with van der Waals surface area (Å²) in [5.74, 6) is -0.207. The molecule has 1 aromatic heterocycles. The van der Waals surface area contributed by atoms with Gasteiger partial charge < -0.3 is 10.1 Å². The van der Waals surface area contributed by atoms with E-state index in [0.717, 1.165) is 5.56 Å². The van der Waals surface area contributed by atoms with Crippen LogP contribution in [0.4, 0.5) is 0 Å². The quantitative estimate of drug-likeness (QED) is 0.826. The van der Waals surface area contributed by atoms with Crippen LogP contribution in [-0.4, -0.2) is 28.1 Å². The van der Waals surface area contributed by atoms with Gasteiger partial charge in [-0.2, -0.15) is 5.10 Å². The van der Waals surface area contributed by atoms with Crippen LogP contribution in [0, 0.1) is 0 Å². The van der Waals surface area contributed by atoms with E-state index in [9.17, 15) is 9.59 Å². The maximum atomic E-state index is 11.8. The van der Waals surface area contributed by atoms with Crippen LogP contribution in [0.1, 0.15) is 23.0 Å². The summed E-state index contributed by atoms with van der Waals surface area (Å²) in [7, 11) is 1.68. The monoisotopic (exact) mass is 321 g/mol. The second kappa shape index (κ2) is 7.09. The second-order valence-electron chi connectivity index (χ2n) is 4.77. The first-order valence-electron chi connectivity index (χ1n) is 6.64. The number of aryl methyl sites for hydroxylation is 1. The first kappa shape index (κ1) is 16.0. The summed E-state index contributed by atoms with van der Waals surface area (Å²) in [5.41, 5.74) is 1.11. The fourth-order valence-electron chi connectivity index (χ4n) is 1.86. The number of carbonyl (C=O) groups excluding carboxylic acids is 2. The van der Waals surface area contributed by atoms with Gasteiger partial charge in [0.1, 0.15) is 0 Å². The Kier molecular flexibility index (Phi) is 5.16. The van der Waals surface area contributed by atoms with Gasteiger partial charge in [-0.15, -0.1) is 0 Å². The molecule has 0 bridgehead atoms. The van der Waals surface area contributed by atoms with Crippen LogP contribution in [0.3, 0.4) is 0 Å². The highest BCUT2D eigenvalue weighted by Crippen LogP contribution is 2.16. The first-order valence-corrected chi connectivity index (χ1v) is 7.02. The summed E-state index contributed by atoms with van der Waals surface area (Å²) < 4.78 is 6.82. The summed E-state index contributed by atoms with van der Waals surface area (Å²) in [6, 6.07) is 7.22. The Hall–Kier alpha value is -2.34. The molecule has 1 N–H and O–H groups in total. The molecule has 0 aliphatic heterocycles. The molecule has 0 spiro atoms. The maximum absolute atomic E-state index is 11.8. The molecule has 6 nitrogen and oxygen atoms in total. The number of nitrogens with zero attached hydrogens (tertiary/aromatic N) is 2. The number of Topliss-reactive ketones (excluding diaryl/α,β-unsaturated/α-hetero) is 1. The normalized spacial score (nSPS) is 10.3. The van der Waals surface area contributed by atoms with E-state index in [4.69, 9.17) is 16.3 Å². The zero-order chi connectivity index (χ0) is 16.1. The molecule has 0 atom stereocenters. The minimum atomic E-state index is -0.293. The Morgan fingerprint density at radius 3 is 2.86 bits per heavy atom. The van der Waals surface area contributed by atoms with Crippen LogP contribution in [0.25, 0.3) is 0 Å². The first-order chi connectivity index (χ1) is 10.5. The van der Waals surface area contributed by atoms with Gasteiger partial charge in [0, 0.05) is 25.5 Å². The lowest BCUT2D eigenvalue weighted by molar-refractivity contribution is -0.123. The third-order valence-corrected chi connectivity index (χ3v) is 3.10. The molecule has 2 aromatic rings. The third-order valence-electron chi connectivity index (χ3n) is 2.87. The smallest absolute Gasteiger partial charge is 0.258 e. The summed E-state index contributed by atoms with van der Waals surface area (Å²) in [6.45, 7) is 1.57. The molecule has 1 heterocycles. The van der Waals surface area contributed by atoms with Crippen molar-refractivity contribution >= 4 is 23.3 Å². The summed E-state index contributed by atoms with van der Waals surface area (Å²) >= 11 is 5.87. The molecule has 7 heteroatoms. The number of halogens is 1. The van der Waals surface area contributed by atoms with Crippen LogP contribution in [0.5, 0.6) is 5.75 Å². The predicted molar refractivity (Wildman–Crippen MR) is 82.0 cm³/mol. The Morgan fingerprint density at radius 1 is 1.41 bits per heavy atom. The van der Waals surface area contributed by atoms with E-state index in [-0.39, 0.29) is 24.0 Å². The van der Waals surface area contributed by atoms with Crippen LogP contribution in [0.2, 0.25) is 5.02 Å². The molecule has 0 aliphatic carbocycles. The van der Waals surface area contributed by atoms with Gasteiger partial charge >= 0.3 is 0 Å². The van der Waals surface area contributed by atoms with Crippen LogP contribution < -0.4 is 10.1 Å². The van der Waals surface area contributed by atoms with E-state index < -0.39 is 0 Å². The van der Waals surface area contributed by atoms with Gasteiger partial charge in [0.25, 0.3) is 5.91 Å². The number of hydrogen-bond donors (Lipinski definition) is 1. The average molecular weight is 322 g/mol. The van der Waals surface area contributed by atoms with E-state index in [1.54, 1.807) is 25.4 Å². The molecule has 116 valence electrons. The lowest BCUT2D eigenvalue weighted by atomic mass is 10.2. The van der Waals surface area contributed by atoms with Crippen molar-refractivity contribution in [3.05, 3.63) is 46.7 Å². The molecule has 2 rings (SSSR count). The van der Waals surface area contributed by atoms with Crippen molar-refractivity contribution in [3.63, 3.8) is 0 Å². The zero-order valence-electron chi connectivity index (χ0n) is 12.3. The number of carbonyl (C=O) groups is 2. The minimum Gasteiger partial charge on any atom is -0.480 e. The molecule has 0 aliphatic rings. The molecular weight excluding hydrogens is 306 g/mol. The lowest BCUT2D eigenvalue weighted by Gasteiger charge is -2.07. The van der Waals surface area contributed by atoms with Crippen molar-refractivity contribution in [2.45, 2.75) is 13.5 Å². The number of amides is 1. The molecule has 0 unspecified atom stereocenters. The van der Waals surface area contributed by atoms with Gasteiger partial charge in [-0.1, -0.05) is 23.7 Å². The number of benzene rings is 1. The minimum absolute atomic E-state index is 0.188. The maximum Gasteiger partial charge on any atom is 0.258 e. The standard InChI is InChI=1S/C15H16ClN3O3/c1-10(20)15-13(8-19(2)18-15)22-9-14(21)17-7-11-4-3-5-12(16)6-11/h3-6,8H,7,9H2,1-2H3,(H,17,21). The van der Waals surface area contributed by atoms with Gasteiger partial charge in [0.2, 0.25) is 0 Å². The number of rotatable bonds is 6. The largest absolute Gasteiger partial charge is 0.480 e. The van der Waals surface area contributed by atoms with Crippen molar-refractivity contribution < 1.29 is 14.3 Å². The highest BCUT2D eigenvalue weighted by molar-refractivity contribution is 6.30. The van der Waals surface area contributed by atoms with Crippen LogP contribution >= 0.6 is 11.6 Å². The molecule has 0 saturated carbocycles. The average Bonchev–Trinajstić information content (AvgIpc) is 2.84. The Labute approximate surface area is 133 Å². The number of hydrogen-bond acceptors (Lipinski definition) is 4. The topological polar surface area (TPSA) is 73.2 Å². The Bertz CT molecular complexity index is 697. The van der Waals surface area contributed by atoms with Crippen molar-refractivity contribution in [2.24, 2.45) is 7.05 Å². The molecule has 22 heavy (non-hydrogen) atoms. The van der Waals surface area contributed by atoms with E-state index >= 15 is 0 Å². The summed E-state index contributed by atoms with van der Waals surface area (Å²) in [5, 5.41) is 7.32. The van der Waals surface area contributed by atoms with E-state index in [0.29, 0.717) is 17.3 Å². The molecule has 1 amide bonds. The molecular formula is C15H16ClN3O3. The van der Waals surface area contributed by atoms with Crippen molar-refractivity contribution in [2.75, 3.05) is 6.61 Å². The van der Waals surface area contributed by atoms with E-state index in [2.05, 4.69) is 10.4 Å². The number of nitrogens with one attached hydrogen (secondary N) is 1. The van der Waals surface area contributed by atoms with Crippen molar-refractivity contribution in [1.29, 1.82) is 0 Å². The van der Waals surface area contributed by atoms with Gasteiger partial charge in [-0.05, 0) is 17.7 Å². The van der Waals surface area contributed by atoms with E-state index in [1.807, 2.05) is 12.1 Å². The SMILES string of the molecule is CC(=O)c1nn(C)cc1OCC(=O)NCc1cccc(Cl)c1. The third kappa shape index (κ3) is 4.33. The predicted octanol–water partition coefficient (Wildman–Crippen LogP) is 1.97. The Balaban J connectivity index is 1.87. The van der Waals surface area contributed by atoms with Crippen LogP contribution in [-0.2, 0) is 18.4 Å². The summed E-state index contributed by atoms with van der Waals surface area (Å²) in [6.07, 6.45) is 1.56. The molecule has 0 fully saturated rings. The zero-order valence-corrected chi connectivity index (χ0v) is 13.1.